The van der Waals surface area contributed by atoms with Gasteiger partial charge < -0.3 is 9.73 Å². The van der Waals surface area contributed by atoms with E-state index in [1.807, 2.05) is 30.3 Å². The SMILES string of the molecule is O=C(CCc1ncc(-c2ccc(F)cc2)o1)Nc1cccc2cccnc12. The summed E-state index contributed by atoms with van der Waals surface area (Å²) in [5.74, 6) is 0.553. The number of nitrogens with one attached hydrogen (secondary N) is 1. The summed E-state index contributed by atoms with van der Waals surface area (Å²) in [5.41, 5.74) is 2.17. The van der Waals surface area contributed by atoms with E-state index in [4.69, 9.17) is 4.42 Å². The van der Waals surface area contributed by atoms with E-state index in [-0.39, 0.29) is 18.1 Å². The number of benzene rings is 2. The topological polar surface area (TPSA) is 68.0 Å². The van der Waals surface area contributed by atoms with Gasteiger partial charge in [0.1, 0.15) is 5.82 Å². The number of carbonyl (C=O) groups is 1. The van der Waals surface area contributed by atoms with Gasteiger partial charge in [-0.2, -0.15) is 0 Å². The molecule has 4 aromatic rings. The predicted molar refractivity (Wildman–Crippen MR) is 101 cm³/mol. The Hall–Kier alpha value is -3.54. The summed E-state index contributed by atoms with van der Waals surface area (Å²) in [6.07, 6.45) is 3.87. The van der Waals surface area contributed by atoms with Crippen molar-refractivity contribution in [1.29, 1.82) is 0 Å². The second kappa shape index (κ2) is 7.37. The largest absolute Gasteiger partial charge is 0.441 e. The quantitative estimate of drug-likeness (QED) is 0.564. The smallest absolute Gasteiger partial charge is 0.224 e. The number of carbonyl (C=O) groups excluding carboxylic acids is 1. The molecule has 0 atom stereocenters. The van der Waals surface area contributed by atoms with Crippen LogP contribution >= 0.6 is 0 Å². The Kier molecular flexibility index (Phi) is 4.61. The molecule has 1 amide bonds. The minimum atomic E-state index is -0.307. The molecule has 0 fully saturated rings. The third-order valence-corrected chi connectivity index (χ3v) is 4.16. The lowest BCUT2D eigenvalue weighted by Gasteiger charge is -2.07. The van der Waals surface area contributed by atoms with E-state index in [9.17, 15) is 9.18 Å². The number of pyridine rings is 1. The molecule has 0 spiro atoms. The molecule has 0 saturated carbocycles. The highest BCUT2D eigenvalue weighted by Gasteiger charge is 2.11. The van der Waals surface area contributed by atoms with Crippen LogP contribution in [0, 0.1) is 5.82 Å². The number of para-hydroxylation sites is 1. The van der Waals surface area contributed by atoms with E-state index in [0.717, 1.165) is 16.5 Å². The van der Waals surface area contributed by atoms with E-state index in [2.05, 4.69) is 15.3 Å². The van der Waals surface area contributed by atoms with Crippen molar-refractivity contribution in [1.82, 2.24) is 9.97 Å². The van der Waals surface area contributed by atoms with Crippen molar-refractivity contribution in [3.05, 3.63) is 78.7 Å². The number of hydrogen-bond donors (Lipinski definition) is 1. The van der Waals surface area contributed by atoms with Crippen molar-refractivity contribution in [3.8, 4) is 11.3 Å². The van der Waals surface area contributed by atoms with Gasteiger partial charge in [0.15, 0.2) is 11.7 Å². The van der Waals surface area contributed by atoms with E-state index >= 15 is 0 Å². The number of oxazole rings is 1. The molecule has 0 aliphatic rings. The van der Waals surface area contributed by atoms with Crippen molar-refractivity contribution in [2.24, 2.45) is 0 Å². The van der Waals surface area contributed by atoms with Gasteiger partial charge in [-0.3, -0.25) is 9.78 Å². The zero-order valence-corrected chi connectivity index (χ0v) is 14.4. The van der Waals surface area contributed by atoms with Gasteiger partial charge in [0.2, 0.25) is 5.91 Å². The van der Waals surface area contributed by atoms with Crippen LogP contribution in [0.5, 0.6) is 0 Å². The molecule has 134 valence electrons. The average molecular weight is 361 g/mol. The molecule has 0 radical (unpaired) electrons. The summed E-state index contributed by atoms with van der Waals surface area (Å²) in [6.45, 7) is 0. The van der Waals surface area contributed by atoms with Crippen LogP contribution in [0.2, 0.25) is 0 Å². The fourth-order valence-electron chi connectivity index (χ4n) is 2.81. The summed E-state index contributed by atoms with van der Waals surface area (Å²) in [7, 11) is 0. The molecule has 2 aromatic carbocycles. The molecule has 0 unspecified atom stereocenters. The summed E-state index contributed by atoms with van der Waals surface area (Å²) in [5, 5.41) is 3.85. The van der Waals surface area contributed by atoms with Crippen LogP contribution in [-0.4, -0.2) is 15.9 Å². The van der Waals surface area contributed by atoms with Gasteiger partial charge in [-0.05, 0) is 36.4 Å². The minimum absolute atomic E-state index is 0.144. The fourth-order valence-corrected chi connectivity index (χ4v) is 2.81. The lowest BCUT2D eigenvalue weighted by Crippen LogP contribution is -2.12. The number of nitrogens with zero attached hydrogens (tertiary/aromatic N) is 2. The van der Waals surface area contributed by atoms with Gasteiger partial charge in [-0.25, -0.2) is 9.37 Å². The van der Waals surface area contributed by atoms with E-state index in [1.54, 1.807) is 24.5 Å². The first kappa shape index (κ1) is 16.9. The van der Waals surface area contributed by atoms with Crippen molar-refractivity contribution >= 4 is 22.5 Å². The summed E-state index contributed by atoms with van der Waals surface area (Å²) < 4.78 is 18.7. The Morgan fingerprint density at radius 1 is 1.04 bits per heavy atom. The highest BCUT2D eigenvalue weighted by atomic mass is 19.1. The maximum absolute atomic E-state index is 13.0. The number of aryl methyl sites for hydroxylation is 1. The lowest BCUT2D eigenvalue weighted by atomic mass is 10.2. The number of aromatic nitrogens is 2. The van der Waals surface area contributed by atoms with Crippen LogP contribution in [0.4, 0.5) is 10.1 Å². The van der Waals surface area contributed by atoms with Crippen LogP contribution < -0.4 is 5.32 Å². The van der Waals surface area contributed by atoms with Crippen molar-refractivity contribution in [3.63, 3.8) is 0 Å². The van der Waals surface area contributed by atoms with E-state index in [0.29, 0.717) is 23.8 Å². The van der Waals surface area contributed by atoms with Crippen LogP contribution in [0.25, 0.3) is 22.2 Å². The Labute approximate surface area is 154 Å². The molecule has 6 heteroatoms. The van der Waals surface area contributed by atoms with E-state index in [1.165, 1.54) is 12.1 Å². The van der Waals surface area contributed by atoms with Crippen molar-refractivity contribution < 1.29 is 13.6 Å². The Balaban J connectivity index is 1.40. The summed E-state index contributed by atoms with van der Waals surface area (Å²) in [6, 6.07) is 15.4. The van der Waals surface area contributed by atoms with Gasteiger partial charge in [0.05, 0.1) is 17.4 Å². The molecule has 2 heterocycles. The van der Waals surface area contributed by atoms with Crippen molar-refractivity contribution in [2.75, 3.05) is 5.32 Å². The number of rotatable bonds is 5. The lowest BCUT2D eigenvalue weighted by molar-refractivity contribution is -0.116. The summed E-state index contributed by atoms with van der Waals surface area (Å²) >= 11 is 0. The molecule has 2 aromatic heterocycles. The number of hydrogen-bond acceptors (Lipinski definition) is 4. The highest BCUT2D eigenvalue weighted by molar-refractivity contribution is 6.00. The Morgan fingerprint density at radius 3 is 2.70 bits per heavy atom. The molecular weight excluding hydrogens is 345 g/mol. The highest BCUT2D eigenvalue weighted by Crippen LogP contribution is 2.22. The van der Waals surface area contributed by atoms with Crippen LogP contribution in [0.3, 0.4) is 0 Å². The minimum Gasteiger partial charge on any atom is -0.441 e. The Morgan fingerprint density at radius 2 is 1.85 bits per heavy atom. The average Bonchev–Trinajstić information content (AvgIpc) is 3.16. The van der Waals surface area contributed by atoms with Gasteiger partial charge >= 0.3 is 0 Å². The number of amides is 1. The van der Waals surface area contributed by atoms with Gasteiger partial charge in [-0.15, -0.1) is 0 Å². The first-order valence-corrected chi connectivity index (χ1v) is 8.53. The monoisotopic (exact) mass is 361 g/mol. The molecule has 0 saturated heterocycles. The second-order valence-electron chi connectivity index (χ2n) is 6.05. The van der Waals surface area contributed by atoms with Crippen molar-refractivity contribution in [2.45, 2.75) is 12.8 Å². The van der Waals surface area contributed by atoms with Crippen LogP contribution in [0.1, 0.15) is 12.3 Å². The number of fused-ring (bicyclic) bond motifs is 1. The maximum Gasteiger partial charge on any atom is 0.224 e. The second-order valence-corrected chi connectivity index (χ2v) is 6.05. The molecule has 0 aliphatic heterocycles. The number of halogens is 1. The molecule has 5 nitrogen and oxygen atoms in total. The standard InChI is InChI=1S/C21H16FN3O2/c22-16-8-6-14(7-9-16)18-13-24-20(27-18)11-10-19(26)25-17-5-1-3-15-4-2-12-23-21(15)17/h1-9,12-13H,10-11H2,(H,25,26). The maximum atomic E-state index is 13.0. The normalized spacial score (nSPS) is 10.9. The predicted octanol–water partition coefficient (Wildman–Crippen LogP) is 4.60. The molecule has 0 aliphatic carbocycles. The van der Waals surface area contributed by atoms with E-state index < -0.39 is 0 Å². The zero-order valence-electron chi connectivity index (χ0n) is 14.4. The van der Waals surface area contributed by atoms with Crippen LogP contribution in [0.15, 0.2) is 71.4 Å². The van der Waals surface area contributed by atoms with Crippen LogP contribution in [-0.2, 0) is 11.2 Å². The molecular formula is C21H16FN3O2. The third-order valence-electron chi connectivity index (χ3n) is 4.16. The Bertz CT molecular complexity index is 1080. The number of anilines is 1. The van der Waals surface area contributed by atoms with Gasteiger partial charge in [0.25, 0.3) is 0 Å². The molecule has 1 N–H and O–H groups in total. The first-order chi connectivity index (χ1) is 13.2. The molecule has 0 bridgehead atoms. The van der Waals surface area contributed by atoms with Gasteiger partial charge in [0, 0.05) is 30.0 Å². The third kappa shape index (κ3) is 3.84. The zero-order chi connectivity index (χ0) is 18.6. The first-order valence-electron chi connectivity index (χ1n) is 8.53. The molecule has 4 rings (SSSR count). The molecule has 27 heavy (non-hydrogen) atoms. The van der Waals surface area contributed by atoms with Gasteiger partial charge in [-0.1, -0.05) is 18.2 Å². The summed E-state index contributed by atoms with van der Waals surface area (Å²) in [4.78, 5) is 20.8. The fraction of sp³-hybridized carbons (Fsp3) is 0.0952.